The molecule has 0 saturated carbocycles. The van der Waals surface area contributed by atoms with Gasteiger partial charge in [0.05, 0.1) is 5.57 Å². The molecule has 0 radical (unpaired) electrons. The summed E-state index contributed by atoms with van der Waals surface area (Å²) in [6, 6.07) is 13.5. The first-order valence-electron chi connectivity index (χ1n) is 9.01. The van der Waals surface area contributed by atoms with Gasteiger partial charge in [-0.25, -0.2) is 4.39 Å². The van der Waals surface area contributed by atoms with Gasteiger partial charge in [0, 0.05) is 11.1 Å². The van der Waals surface area contributed by atoms with Crippen molar-refractivity contribution in [3.05, 3.63) is 71.0 Å². The van der Waals surface area contributed by atoms with E-state index in [4.69, 9.17) is 10.1 Å². The Morgan fingerprint density at radius 2 is 1.97 bits per heavy atom. The summed E-state index contributed by atoms with van der Waals surface area (Å²) in [4.78, 5) is 16.6. The fourth-order valence-corrected chi connectivity index (χ4v) is 3.66. The second kappa shape index (κ2) is 8.00. The van der Waals surface area contributed by atoms with Gasteiger partial charge in [-0.15, -0.1) is 0 Å². The number of hydrogen-bond donors (Lipinski definition) is 1. The number of fused-ring (bicyclic) bond motifs is 1. The molecule has 1 N–H and O–H groups in total. The first-order valence-corrected chi connectivity index (χ1v) is 9.82. The van der Waals surface area contributed by atoms with Crippen LogP contribution in [0.2, 0.25) is 0 Å². The number of amidine groups is 2. The van der Waals surface area contributed by atoms with E-state index in [0.717, 1.165) is 5.04 Å². The van der Waals surface area contributed by atoms with Crippen LogP contribution in [0, 0.1) is 11.2 Å². The summed E-state index contributed by atoms with van der Waals surface area (Å²) < 4.78 is 19.6. The standard InChI is InChI=1S/C21H17FN4O2S/c1-2-18-25-26-19(23)15(20(27)24-21(26)29-18)11-13-7-4-6-10-17(13)28-12-14-8-3-5-9-16(14)22/h3-11,23H,2,12H2,1H3. The van der Waals surface area contributed by atoms with Crippen LogP contribution in [0.5, 0.6) is 5.75 Å². The topological polar surface area (TPSA) is 78.1 Å². The zero-order valence-electron chi connectivity index (χ0n) is 15.6. The molecule has 1 amide bonds. The van der Waals surface area contributed by atoms with Crippen LogP contribution in [0.3, 0.4) is 0 Å². The van der Waals surface area contributed by atoms with Gasteiger partial charge in [-0.2, -0.15) is 15.1 Å². The maximum Gasteiger partial charge on any atom is 0.283 e. The fraction of sp³-hybridized carbons (Fsp3) is 0.143. The number of amides is 1. The molecule has 29 heavy (non-hydrogen) atoms. The van der Waals surface area contributed by atoms with Crippen LogP contribution in [-0.4, -0.2) is 27.0 Å². The first kappa shape index (κ1) is 19.1. The lowest BCUT2D eigenvalue weighted by Crippen LogP contribution is -2.35. The van der Waals surface area contributed by atoms with Crippen LogP contribution < -0.4 is 4.74 Å². The zero-order chi connectivity index (χ0) is 20.4. The minimum absolute atomic E-state index is 0.0279. The molecule has 0 atom stereocenters. The lowest BCUT2D eigenvalue weighted by Gasteiger charge is -2.20. The van der Waals surface area contributed by atoms with Crippen molar-refractivity contribution >= 4 is 39.8 Å². The number of ether oxygens (including phenoxy) is 1. The summed E-state index contributed by atoms with van der Waals surface area (Å²) in [6.07, 6.45) is 2.26. The Morgan fingerprint density at radius 1 is 1.21 bits per heavy atom. The molecular weight excluding hydrogens is 391 g/mol. The van der Waals surface area contributed by atoms with Gasteiger partial charge in [-0.3, -0.25) is 10.2 Å². The van der Waals surface area contributed by atoms with E-state index in [1.165, 1.54) is 22.8 Å². The summed E-state index contributed by atoms with van der Waals surface area (Å²) in [7, 11) is 0. The molecule has 2 aromatic carbocycles. The highest BCUT2D eigenvalue weighted by Crippen LogP contribution is 2.30. The number of para-hydroxylation sites is 1. The zero-order valence-corrected chi connectivity index (χ0v) is 16.4. The van der Waals surface area contributed by atoms with Crippen molar-refractivity contribution in [1.29, 1.82) is 5.41 Å². The molecule has 2 aliphatic rings. The van der Waals surface area contributed by atoms with Crippen molar-refractivity contribution in [2.75, 3.05) is 0 Å². The van der Waals surface area contributed by atoms with E-state index < -0.39 is 5.91 Å². The minimum atomic E-state index is -0.495. The third kappa shape index (κ3) is 3.84. The second-order valence-electron chi connectivity index (χ2n) is 6.29. The Labute approximate surface area is 171 Å². The van der Waals surface area contributed by atoms with E-state index in [2.05, 4.69) is 10.1 Å². The predicted molar refractivity (Wildman–Crippen MR) is 112 cm³/mol. The highest BCUT2D eigenvalue weighted by Gasteiger charge is 2.35. The molecule has 0 aromatic heterocycles. The maximum atomic E-state index is 13.9. The van der Waals surface area contributed by atoms with E-state index in [1.807, 2.05) is 6.92 Å². The number of carbonyl (C=O) groups excluding carboxylic acids is 1. The SMILES string of the molecule is CCC1=NN2C(=N)C(=Cc3ccccc3OCc3ccccc3F)C(=O)N=C2S1. The van der Waals surface area contributed by atoms with E-state index in [-0.39, 0.29) is 23.8 Å². The van der Waals surface area contributed by atoms with Crippen molar-refractivity contribution in [3.63, 3.8) is 0 Å². The Morgan fingerprint density at radius 3 is 2.76 bits per heavy atom. The van der Waals surface area contributed by atoms with Gasteiger partial charge < -0.3 is 4.74 Å². The summed E-state index contributed by atoms with van der Waals surface area (Å²) in [5.74, 6) is -0.386. The molecule has 4 rings (SSSR count). The summed E-state index contributed by atoms with van der Waals surface area (Å²) in [5, 5.41) is 15.3. The number of nitrogens with one attached hydrogen (secondary N) is 1. The van der Waals surface area contributed by atoms with E-state index in [9.17, 15) is 9.18 Å². The number of aliphatic imine (C=N–C) groups is 1. The number of rotatable bonds is 5. The number of nitrogens with zero attached hydrogens (tertiary/aromatic N) is 3. The second-order valence-corrected chi connectivity index (χ2v) is 7.33. The fourth-order valence-electron chi connectivity index (χ4n) is 2.83. The van der Waals surface area contributed by atoms with Crippen LogP contribution in [0.15, 0.2) is 64.2 Å². The third-order valence-electron chi connectivity index (χ3n) is 4.36. The molecule has 0 unspecified atom stereocenters. The monoisotopic (exact) mass is 408 g/mol. The van der Waals surface area contributed by atoms with Crippen LogP contribution in [0.1, 0.15) is 24.5 Å². The van der Waals surface area contributed by atoms with Crippen molar-refractivity contribution in [3.8, 4) is 5.75 Å². The first-order chi connectivity index (χ1) is 14.1. The Hall–Kier alpha value is -3.26. The molecule has 0 aliphatic carbocycles. The normalized spacial score (nSPS) is 17.3. The largest absolute Gasteiger partial charge is 0.488 e. The highest BCUT2D eigenvalue weighted by atomic mass is 32.2. The smallest absolute Gasteiger partial charge is 0.283 e. The molecule has 2 heterocycles. The van der Waals surface area contributed by atoms with Gasteiger partial charge in [-0.05, 0) is 36.4 Å². The number of hydrogen-bond acceptors (Lipinski definition) is 5. The number of benzene rings is 2. The Kier molecular flexibility index (Phi) is 5.26. The molecule has 2 aromatic rings. The molecule has 2 aliphatic heterocycles. The molecular formula is C21H17FN4O2S. The molecule has 0 fully saturated rings. The number of hydrazone groups is 1. The Balaban J connectivity index is 1.62. The van der Waals surface area contributed by atoms with Crippen molar-refractivity contribution < 1.29 is 13.9 Å². The molecule has 0 saturated heterocycles. The number of halogens is 1. The number of carbonyl (C=O) groups is 1. The lowest BCUT2D eigenvalue weighted by atomic mass is 10.1. The van der Waals surface area contributed by atoms with Crippen molar-refractivity contribution in [1.82, 2.24) is 5.01 Å². The van der Waals surface area contributed by atoms with Crippen LogP contribution in [0.25, 0.3) is 6.08 Å². The molecule has 0 bridgehead atoms. The summed E-state index contributed by atoms with van der Waals surface area (Å²) >= 11 is 1.30. The van der Waals surface area contributed by atoms with Gasteiger partial charge in [0.1, 0.15) is 23.2 Å². The highest BCUT2D eigenvalue weighted by molar-refractivity contribution is 8.26. The van der Waals surface area contributed by atoms with Gasteiger partial charge in [0.2, 0.25) is 5.17 Å². The summed E-state index contributed by atoms with van der Waals surface area (Å²) in [6.45, 7) is 2.00. The third-order valence-corrected chi connectivity index (χ3v) is 5.41. The molecule has 0 spiro atoms. The summed E-state index contributed by atoms with van der Waals surface area (Å²) in [5.41, 5.74) is 1.15. The van der Waals surface area contributed by atoms with Crippen molar-refractivity contribution in [2.45, 2.75) is 20.0 Å². The van der Waals surface area contributed by atoms with Crippen LogP contribution >= 0.6 is 11.8 Å². The lowest BCUT2D eigenvalue weighted by molar-refractivity contribution is -0.114. The van der Waals surface area contributed by atoms with E-state index in [1.54, 1.807) is 48.5 Å². The van der Waals surface area contributed by atoms with Crippen molar-refractivity contribution in [2.24, 2.45) is 10.1 Å². The van der Waals surface area contributed by atoms with Gasteiger partial charge >= 0.3 is 0 Å². The van der Waals surface area contributed by atoms with Gasteiger partial charge in [0.25, 0.3) is 5.91 Å². The minimum Gasteiger partial charge on any atom is -0.488 e. The average Bonchev–Trinajstić information content (AvgIpc) is 3.14. The molecule has 6 nitrogen and oxygen atoms in total. The van der Waals surface area contributed by atoms with E-state index in [0.29, 0.717) is 28.5 Å². The van der Waals surface area contributed by atoms with E-state index >= 15 is 0 Å². The molecule has 146 valence electrons. The predicted octanol–water partition coefficient (Wildman–Crippen LogP) is 4.43. The van der Waals surface area contributed by atoms with Crippen LogP contribution in [0.4, 0.5) is 4.39 Å². The van der Waals surface area contributed by atoms with Gasteiger partial charge in [0.15, 0.2) is 5.84 Å². The average molecular weight is 408 g/mol. The quantitative estimate of drug-likeness (QED) is 0.742. The number of thioether (sulfide) groups is 1. The molecule has 8 heteroatoms. The Bertz CT molecular complexity index is 1090. The van der Waals surface area contributed by atoms with Crippen LogP contribution in [-0.2, 0) is 11.4 Å². The maximum absolute atomic E-state index is 13.9. The van der Waals surface area contributed by atoms with Gasteiger partial charge in [-0.1, -0.05) is 43.3 Å².